The second-order valence-electron chi connectivity index (χ2n) is 7.93. The SMILES string of the molecule is N#Cc1cc(F)cc(C(=O)N2CCC3(CC2)C[C@@H](O)C[C@H](c2ccccc2)O3)c1. The molecule has 0 aliphatic carbocycles. The van der Waals surface area contributed by atoms with Gasteiger partial charge in [0.15, 0.2) is 0 Å². The predicted molar refractivity (Wildman–Crippen MR) is 104 cm³/mol. The van der Waals surface area contributed by atoms with Crippen LogP contribution in [0.15, 0.2) is 48.5 Å². The normalized spacial score (nSPS) is 23.6. The summed E-state index contributed by atoms with van der Waals surface area (Å²) >= 11 is 0. The van der Waals surface area contributed by atoms with E-state index in [1.54, 1.807) is 4.90 Å². The van der Waals surface area contributed by atoms with E-state index in [-0.39, 0.29) is 23.1 Å². The van der Waals surface area contributed by atoms with Gasteiger partial charge in [0, 0.05) is 31.5 Å². The number of nitrogens with zero attached hydrogens (tertiary/aromatic N) is 2. The number of ether oxygens (including phenoxy) is 1. The Morgan fingerprint density at radius 2 is 1.93 bits per heavy atom. The molecule has 6 heteroatoms. The van der Waals surface area contributed by atoms with Crippen molar-refractivity contribution in [3.05, 3.63) is 71.0 Å². The second kappa shape index (κ2) is 7.94. The van der Waals surface area contributed by atoms with Gasteiger partial charge in [-0.3, -0.25) is 4.79 Å². The molecule has 0 radical (unpaired) electrons. The standard InChI is InChI=1S/C23H23FN2O3/c24-19-11-16(15-25)10-18(12-19)22(28)26-8-6-23(7-9-26)14-20(27)13-21(29-23)17-4-2-1-3-5-17/h1-5,10-12,20-21,27H,6-9,13-14H2/t20-,21+/m0/s1. The summed E-state index contributed by atoms with van der Waals surface area (Å²) in [6, 6.07) is 15.5. The van der Waals surface area contributed by atoms with Gasteiger partial charge in [0.05, 0.1) is 29.4 Å². The Morgan fingerprint density at radius 3 is 2.62 bits per heavy atom. The Labute approximate surface area is 169 Å². The average molecular weight is 394 g/mol. The molecule has 150 valence electrons. The molecule has 2 heterocycles. The molecule has 5 nitrogen and oxygen atoms in total. The number of hydrogen-bond acceptors (Lipinski definition) is 4. The number of aliphatic hydroxyl groups excluding tert-OH is 1. The molecule has 2 aliphatic heterocycles. The Kier molecular flexibility index (Phi) is 5.35. The fourth-order valence-electron chi connectivity index (χ4n) is 4.43. The number of hydrogen-bond donors (Lipinski definition) is 1. The molecule has 4 rings (SSSR count). The van der Waals surface area contributed by atoms with Crippen LogP contribution in [-0.4, -0.2) is 40.7 Å². The highest BCUT2D eigenvalue weighted by molar-refractivity contribution is 5.94. The molecule has 2 aliphatic rings. The van der Waals surface area contributed by atoms with E-state index >= 15 is 0 Å². The van der Waals surface area contributed by atoms with Crippen LogP contribution in [0.1, 0.15) is 53.3 Å². The molecular formula is C23H23FN2O3. The summed E-state index contributed by atoms with van der Waals surface area (Å²) < 4.78 is 20.2. The molecule has 0 aromatic heterocycles. The number of carbonyl (C=O) groups is 1. The summed E-state index contributed by atoms with van der Waals surface area (Å²) in [5.74, 6) is -0.878. The van der Waals surface area contributed by atoms with E-state index in [1.807, 2.05) is 36.4 Å². The van der Waals surface area contributed by atoms with Gasteiger partial charge in [-0.25, -0.2) is 4.39 Å². The van der Waals surface area contributed by atoms with Gasteiger partial charge in [-0.15, -0.1) is 0 Å². The van der Waals surface area contributed by atoms with E-state index < -0.39 is 17.5 Å². The Hall–Kier alpha value is -2.75. The smallest absolute Gasteiger partial charge is 0.254 e. The van der Waals surface area contributed by atoms with E-state index in [4.69, 9.17) is 10.00 Å². The Morgan fingerprint density at radius 1 is 1.21 bits per heavy atom. The number of carbonyl (C=O) groups excluding carboxylic acids is 1. The van der Waals surface area contributed by atoms with E-state index in [2.05, 4.69) is 0 Å². The third kappa shape index (κ3) is 4.16. The minimum Gasteiger partial charge on any atom is -0.393 e. The van der Waals surface area contributed by atoms with E-state index in [0.717, 1.165) is 11.6 Å². The number of amides is 1. The number of aliphatic hydroxyl groups is 1. The van der Waals surface area contributed by atoms with Gasteiger partial charge < -0.3 is 14.7 Å². The van der Waals surface area contributed by atoms with Crippen LogP contribution in [-0.2, 0) is 4.74 Å². The number of piperidine rings is 1. The molecule has 0 bridgehead atoms. The zero-order chi connectivity index (χ0) is 20.4. The van der Waals surface area contributed by atoms with Crippen LogP contribution in [0.2, 0.25) is 0 Å². The molecule has 1 amide bonds. The first-order valence-corrected chi connectivity index (χ1v) is 9.89. The van der Waals surface area contributed by atoms with Gasteiger partial charge in [0.1, 0.15) is 5.82 Å². The van der Waals surface area contributed by atoms with Gasteiger partial charge >= 0.3 is 0 Å². The van der Waals surface area contributed by atoms with Crippen LogP contribution in [0.25, 0.3) is 0 Å². The lowest BCUT2D eigenvalue weighted by atomic mass is 9.80. The monoisotopic (exact) mass is 394 g/mol. The number of benzene rings is 2. The van der Waals surface area contributed by atoms with Gasteiger partial charge in [-0.1, -0.05) is 30.3 Å². The van der Waals surface area contributed by atoms with Crippen LogP contribution in [0.5, 0.6) is 0 Å². The summed E-state index contributed by atoms with van der Waals surface area (Å²) in [5, 5.41) is 19.5. The first-order chi connectivity index (χ1) is 14.0. The molecule has 2 fully saturated rings. The van der Waals surface area contributed by atoms with Crippen molar-refractivity contribution in [1.82, 2.24) is 4.90 Å². The van der Waals surface area contributed by atoms with E-state index in [1.165, 1.54) is 12.1 Å². The molecular weight excluding hydrogens is 371 g/mol. The molecule has 2 aromatic rings. The largest absolute Gasteiger partial charge is 0.393 e. The van der Waals surface area contributed by atoms with E-state index in [9.17, 15) is 14.3 Å². The number of rotatable bonds is 2. The van der Waals surface area contributed by atoms with Crippen molar-refractivity contribution in [2.75, 3.05) is 13.1 Å². The summed E-state index contributed by atoms with van der Waals surface area (Å²) in [4.78, 5) is 14.5. The molecule has 29 heavy (non-hydrogen) atoms. The first-order valence-electron chi connectivity index (χ1n) is 9.89. The maximum Gasteiger partial charge on any atom is 0.254 e. The predicted octanol–water partition coefficient (Wildman–Crippen LogP) is 3.58. The van der Waals surface area contributed by atoms with Crippen molar-refractivity contribution in [2.45, 2.75) is 43.5 Å². The highest BCUT2D eigenvalue weighted by atomic mass is 19.1. The Balaban J connectivity index is 1.46. The summed E-state index contributed by atoms with van der Waals surface area (Å²) in [6.07, 6.45) is 1.73. The number of halogens is 1. The molecule has 1 spiro atoms. The molecule has 0 unspecified atom stereocenters. The topological polar surface area (TPSA) is 73.6 Å². The van der Waals surface area contributed by atoms with Crippen LogP contribution < -0.4 is 0 Å². The van der Waals surface area contributed by atoms with Gasteiger partial charge in [-0.05, 0) is 36.6 Å². The van der Waals surface area contributed by atoms with Crippen molar-refractivity contribution >= 4 is 5.91 Å². The maximum absolute atomic E-state index is 13.7. The fourth-order valence-corrected chi connectivity index (χ4v) is 4.43. The lowest BCUT2D eigenvalue weighted by molar-refractivity contribution is -0.181. The first kappa shape index (κ1) is 19.6. The second-order valence-corrected chi connectivity index (χ2v) is 7.93. The third-order valence-electron chi connectivity index (χ3n) is 5.89. The zero-order valence-corrected chi connectivity index (χ0v) is 16.1. The van der Waals surface area contributed by atoms with Gasteiger partial charge in [0.2, 0.25) is 0 Å². The average Bonchev–Trinajstić information content (AvgIpc) is 2.73. The van der Waals surface area contributed by atoms with Crippen molar-refractivity contribution in [2.24, 2.45) is 0 Å². The summed E-state index contributed by atoms with van der Waals surface area (Å²) in [6.45, 7) is 0.928. The third-order valence-corrected chi connectivity index (χ3v) is 5.89. The fraction of sp³-hybridized carbons (Fsp3) is 0.391. The van der Waals surface area contributed by atoms with E-state index in [0.29, 0.717) is 38.8 Å². The summed E-state index contributed by atoms with van der Waals surface area (Å²) in [7, 11) is 0. The highest BCUT2D eigenvalue weighted by Crippen LogP contribution is 2.43. The lowest BCUT2D eigenvalue weighted by Crippen LogP contribution is -2.52. The van der Waals surface area contributed by atoms with Crippen LogP contribution in [0, 0.1) is 17.1 Å². The molecule has 2 aromatic carbocycles. The molecule has 2 saturated heterocycles. The molecule has 0 saturated carbocycles. The van der Waals surface area contributed by atoms with Crippen LogP contribution >= 0.6 is 0 Å². The van der Waals surface area contributed by atoms with Crippen molar-refractivity contribution in [1.29, 1.82) is 5.26 Å². The minimum atomic E-state index is -0.592. The lowest BCUT2D eigenvalue weighted by Gasteiger charge is -2.48. The van der Waals surface area contributed by atoms with Crippen LogP contribution in [0.3, 0.4) is 0 Å². The van der Waals surface area contributed by atoms with Crippen molar-refractivity contribution in [3.63, 3.8) is 0 Å². The van der Waals surface area contributed by atoms with Gasteiger partial charge in [-0.2, -0.15) is 5.26 Å². The van der Waals surface area contributed by atoms with Crippen LogP contribution in [0.4, 0.5) is 4.39 Å². The quantitative estimate of drug-likeness (QED) is 0.845. The van der Waals surface area contributed by atoms with Crippen molar-refractivity contribution in [3.8, 4) is 6.07 Å². The zero-order valence-electron chi connectivity index (χ0n) is 16.1. The number of nitriles is 1. The Bertz CT molecular complexity index is 933. The highest BCUT2D eigenvalue weighted by Gasteiger charge is 2.44. The number of likely N-dealkylation sites (tertiary alicyclic amines) is 1. The van der Waals surface area contributed by atoms with Crippen molar-refractivity contribution < 1.29 is 19.0 Å². The van der Waals surface area contributed by atoms with Gasteiger partial charge in [0.25, 0.3) is 5.91 Å². The molecule has 2 atom stereocenters. The maximum atomic E-state index is 13.7. The molecule has 1 N–H and O–H groups in total. The summed E-state index contributed by atoms with van der Waals surface area (Å²) in [5.41, 5.74) is 0.901. The minimum absolute atomic E-state index is 0.131.